The first-order chi connectivity index (χ1) is 8.36. The lowest BCUT2D eigenvalue weighted by molar-refractivity contribution is 0.415. The van der Waals surface area contributed by atoms with Crippen LogP contribution in [0, 0.1) is 5.41 Å². The molecule has 0 radical (unpaired) electrons. The number of hydrogen-bond acceptors (Lipinski definition) is 4. The zero-order chi connectivity index (χ0) is 13.4. The molecule has 0 heterocycles. The molecule has 18 heavy (non-hydrogen) atoms. The summed E-state index contributed by atoms with van der Waals surface area (Å²) in [6.07, 6.45) is 2.14. The molecule has 0 saturated heterocycles. The molecule has 0 atom stereocenters. The number of nitrogen functional groups attached to an aromatic ring is 1. The normalized spacial score (nSPS) is 17.4. The molecule has 0 bridgehead atoms. The van der Waals surface area contributed by atoms with Crippen molar-refractivity contribution in [3.63, 3.8) is 0 Å². The van der Waals surface area contributed by atoms with Crippen molar-refractivity contribution in [1.82, 2.24) is 4.72 Å². The quantitative estimate of drug-likeness (QED) is 0.791. The van der Waals surface area contributed by atoms with Gasteiger partial charge in [-0.05, 0) is 30.4 Å². The summed E-state index contributed by atoms with van der Waals surface area (Å²) >= 11 is 0. The summed E-state index contributed by atoms with van der Waals surface area (Å²) in [6.45, 7) is 2.54. The molecule has 2 rings (SSSR count). The van der Waals surface area contributed by atoms with Gasteiger partial charge in [-0.15, -0.1) is 0 Å². The predicted molar refractivity (Wildman–Crippen MR) is 69.9 cm³/mol. The van der Waals surface area contributed by atoms with Gasteiger partial charge in [-0.1, -0.05) is 6.92 Å². The molecule has 0 spiro atoms. The van der Waals surface area contributed by atoms with E-state index in [0.29, 0.717) is 18.0 Å². The first-order valence-corrected chi connectivity index (χ1v) is 7.28. The Morgan fingerprint density at radius 1 is 1.44 bits per heavy atom. The number of benzene rings is 1. The lowest BCUT2D eigenvalue weighted by Gasteiger charge is -2.12. The van der Waals surface area contributed by atoms with Crippen molar-refractivity contribution in [2.75, 3.05) is 19.4 Å². The summed E-state index contributed by atoms with van der Waals surface area (Å²) in [6, 6.07) is 4.45. The van der Waals surface area contributed by atoms with Crippen molar-refractivity contribution in [2.45, 2.75) is 24.7 Å². The Kier molecular flexibility index (Phi) is 3.25. The molecule has 1 aliphatic carbocycles. The second kappa shape index (κ2) is 4.44. The van der Waals surface area contributed by atoms with Gasteiger partial charge < -0.3 is 10.5 Å². The van der Waals surface area contributed by atoms with Gasteiger partial charge in [-0.25, -0.2) is 13.1 Å². The summed E-state index contributed by atoms with van der Waals surface area (Å²) in [5.74, 6) is 0.371. The van der Waals surface area contributed by atoms with E-state index in [-0.39, 0.29) is 10.3 Å². The summed E-state index contributed by atoms with van der Waals surface area (Å²) in [5, 5.41) is 0. The largest absolute Gasteiger partial charge is 0.495 e. The van der Waals surface area contributed by atoms with Crippen LogP contribution in [-0.4, -0.2) is 22.1 Å². The first-order valence-electron chi connectivity index (χ1n) is 5.79. The molecule has 0 aromatic heterocycles. The van der Waals surface area contributed by atoms with E-state index in [2.05, 4.69) is 11.6 Å². The van der Waals surface area contributed by atoms with Crippen LogP contribution in [0.15, 0.2) is 23.1 Å². The standard InChI is InChI=1S/C12H18N2O3S/c1-12(5-6-12)8-14-18(15,16)9-3-4-10(13)11(7-9)17-2/h3-4,7,14H,5-6,8,13H2,1-2H3. The summed E-state index contributed by atoms with van der Waals surface area (Å²) < 4.78 is 31.8. The monoisotopic (exact) mass is 270 g/mol. The highest BCUT2D eigenvalue weighted by Crippen LogP contribution is 2.44. The van der Waals surface area contributed by atoms with E-state index in [1.54, 1.807) is 0 Å². The van der Waals surface area contributed by atoms with Crippen LogP contribution in [0.25, 0.3) is 0 Å². The SMILES string of the molecule is COc1cc(S(=O)(=O)NCC2(C)CC2)ccc1N. The number of nitrogens with two attached hydrogens (primary N) is 1. The molecular weight excluding hydrogens is 252 g/mol. The average molecular weight is 270 g/mol. The van der Waals surface area contributed by atoms with Crippen LogP contribution >= 0.6 is 0 Å². The van der Waals surface area contributed by atoms with Gasteiger partial charge in [0.25, 0.3) is 0 Å². The van der Waals surface area contributed by atoms with E-state index in [1.165, 1.54) is 25.3 Å². The minimum Gasteiger partial charge on any atom is -0.495 e. The predicted octanol–water partition coefficient (Wildman–Crippen LogP) is 1.36. The smallest absolute Gasteiger partial charge is 0.240 e. The summed E-state index contributed by atoms with van der Waals surface area (Å²) in [5.41, 5.74) is 6.21. The molecule has 0 aliphatic heterocycles. The van der Waals surface area contributed by atoms with Gasteiger partial charge in [0.1, 0.15) is 5.75 Å². The maximum Gasteiger partial charge on any atom is 0.240 e. The maximum absolute atomic E-state index is 12.1. The van der Waals surface area contributed by atoms with Gasteiger partial charge in [-0.2, -0.15) is 0 Å². The maximum atomic E-state index is 12.1. The Morgan fingerprint density at radius 3 is 2.67 bits per heavy atom. The highest BCUT2D eigenvalue weighted by atomic mass is 32.2. The van der Waals surface area contributed by atoms with Crippen LogP contribution in [0.2, 0.25) is 0 Å². The van der Waals surface area contributed by atoms with E-state index in [1.807, 2.05) is 0 Å². The minimum absolute atomic E-state index is 0.130. The highest BCUT2D eigenvalue weighted by molar-refractivity contribution is 7.89. The number of anilines is 1. The minimum atomic E-state index is -3.49. The fourth-order valence-corrected chi connectivity index (χ4v) is 2.82. The molecule has 1 aliphatic rings. The Hall–Kier alpha value is -1.27. The number of hydrogen-bond donors (Lipinski definition) is 2. The van der Waals surface area contributed by atoms with Crippen LogP contribution in [0.1, 0.15) is 19.8 Å². The molecule has 1 aromatic carbocycles. The van der Waals surface area contributed by atoms with Crippen molar-refractivity contribution < 1.29 is 13.2 Å². The third-order valence-corrected chi connectivity index (χ3v) is 4.71. The fourth-order valence-electron chi connectivity index (χ4n) is 1.60. The van der Waals surface area contributed by atoms with E-state index in [9.17, 15) is 8.42 Å². The van der Waals surface area contributed by atoms with Gasteiger partial charge in [0.05, 0.1) is 17.7 Å². The van der Waals surface area contributed by atoms with Crippen LogP contribution < -0.4 is 15.2 Å². The Balaban J connectivity index is 2.18. The Bertz CT molecular complexity index is 550. The first kappa shape index (κ1) is 13.2. The number of ether oxygens (including phenoxy) is 1. The van der Waals surface area contributed by atoms with Crippen molar-refractivity contribution in [2.24, 2.45) is 5.41 Å². The molecule has 1 saturated carbocycles. The van der Waals surface area contributed by atoms with Gasteiger partial charge in [-0.3, -0.25) is 0 Å². The van der Waals surface area contributed by atoms with Crippen LogP contribution in [0.3, 0.4) is 0 Å². The van der Waals surface area contributed by atoms with Gasteiger partial charge in [0.2, 0.25) is 10.0 Å². The molecular formula is C12H18N2O3S. The molecule has 5 nitrogen and oxygen atoms in total. The fraction of sp³-hybridized carbons (Fsp3) is 0.500. The van der Waals surface area contributed by atoms with E-state index in [0.717, 1.165) is 12.8 Å². The molecule has 100 valence electrons. The highest BCUT2D eigenvalue weighted by Gasteiger charge is 2.38. The van der Waals surface area contributed by atoms with Crippen LogP contribution in [0.5, 0.6) is 5.75 Å². The molecule has 1 aromatic rings. The molecule has 1 fully saturated rings. The Morgan fingerprint density at radius 2 is 2.11 bits per heavy atom. The van der Waals surface area contributed by atoms with Gasteiger partial charge in [0.15, 0.2) is 0 Å². The second-order valence-corrected chi connectivity index (χ2v) is 6.81. The third kappa shape index (κ3) is 2.76. The molecule has 3 N–H and O–H groups in total. The zero-order valence-electron chi connectivity index (χ0n) is 10.6. The lowest BCUT2D eigenvalue weighted by atomic mass is 10.2. The van der Waals surface area contributed by atoms with Crippen LogP contribution in [0.4, 0.5) is 5.69 Å². The number of sulfonamides is 1. The molecule has 0 unspecified atom stereocenters. The number of rotatable bonds is 5. The zero-order valence-corrected chi connectivity index (χ0v) is 11.4. The third-order valence-electron chi connectivity index (χ3n) is 3.31. The summed E-state index contributed by atoms with van der Waals surface area (Å²) in [7, 11) is -2.03. The Labute approximate surface area is 107 Å². The van der Waals surface area contributed by atoms with Crippen molar-refractivity contribution in [3.8, 4) is 5.75 Å². The molecule has 0 amide bonds. The topological polar surface area (TPSA) is 81.4 Å². The van der Waals surface area contributed by atoms with Crippen molar-refractivity contribution >= 4 is 15.7 Å². The second-order valence-electron chi connectivity index (χ2n) is 5.04. The number of methoxy groups -OCH3 is 1. The van der Waals surface area contributed by atoms with E-state index in [4.69, 9.17) is 10.5 Å². The van der Waals surface area contributed by atoms with Crippen LogP contribution in [-0.2, 0) is 10.0 Å². The van der Waals surface area contributed by atoms with Gasteiger partial charge in [0, 0.05) is 12.6 Å². The van der Waals surface area contributed by atoms with Crippen molar-refractivity contribution in [1.29, 1.82) is 0 Å². The van der Waals surface area contributed by atoms with Gasteiger partial charge >= 0.3 is 0 Å². The van der Waals surface area contributed by atoms with Crippen molar-refractivity contribution in [3.05, 3.63) is 18.2 Å². The average Bonchev–Trinajstić information content (AvgIpc) is 3.06. The molecule has 6 heteroatoms. The van der Waals surface area contributed by atoms with E-state index < -0.39 is 10.0 Å². The lowest BCUT2D eigenvalue weighted by Crippen LogP contribution is -2.29. The number of nitrogens with one attached hydrogen (secondary N) is 1. The van der Waals surface area contributed by atoms with E-state index >= 15 is 0 Å². The summed E-state index contributed by atoms with van der Waals surface area (Å²) in [4.78, 5) is 0.179.